The normalized spacial score (nSPS) is 13.3. The Morgan fingerprint density at radius 1 is 1.16 bits per heavy atom. The van der Waals surface area contributed by atoms with Gasteiger partial charge in [-0.3, -0.25) is 13.5 Å². The molecule has 0 unspecified atom stereocenters. The van der Waals surface area contributed by atoms with Crippen LogP contribution in [-0.4, -0.2) is 52.6 Å². The lowest BCUT2D eigenvalue weighted by Crippen LogP contribution is -2.32. The summed E-state index contributed by atoms with van der Waals surface area (Å²) in [5.41, 5.74) is -1.13. The molecule has 10 heteroatoms. The van der Waals surface area contributed by atoms with E-state index >= 15 is 0 Å². The van der Waals surface area contributed by atoms with Crippen LogP contribution >= 0.6 is 0 Å². The van der Waals surface area contributed by atoms with E-state index in [0.717, 1.165) is 0 Å². The third-order valence-corrected chi connectivity index (χ3v) is 4.20. The van der Waals surface area contributed by atoms with Gasteiger partial charge in [0.1, 0.15) is 0 Å². The topological polar surface area (TPSA) is 124 Å². The molecule has 0 aliphatic heterocycles. The van der Waals surface area contributed by atoms with E-state index in [1.807, 2.05) is 0 Å². The molecule has 0 aliphatic rings. The third kappa shape index (κ3) is 8.14. The summed E-state index contributed by atoms with van der Waals surface area (Å²) in [6, 6.07) is 0. The Hall–Kier alpha value is -0.710. The van der Waals surface area contributed by atoms with Gasteiger partial charge in [0.2, 0.25) is 0 Å². The molecular weight excluding hydrogens is 300 g/mol. The molecule has 0 fully saturated rings. The minimum atomic E-state index is -4.20. The molecule has 0 saturated carbocycles. The maximum atomic E-state index is 11.4. The fourth-order valence-corrected chi connectivity index (χ4v) is 2.83. The van der Waals surface area contributed by atoms with Gasteiger partial charge in [-0.2, -0.15) is 16.8 Å². The molecule has 0 aliphatic carbocycles. The molecule has 8 nitrogen and oxygen atoms in total. The average molecular weight is 318 g/mol. The zero-order valence-electron chi connectivity index (χ0n) is 10.9. The molecule has 0 aromatic heterocycles. The molecule has 0 aromatic carbocycles. The Balaban J connectivity index is 4.36. The molecule has 0 radical (unpaired) electrons. The second-order valence-corrected chi connectivity index (χ2v) is 7.87. The fourth-order valence-electron chi connectivity index (χ4n) is 1.05. The SMILES string of the molecule is COC(=O)C(C)(C)COS(=O)(=O)CCCS(=O)(=O)O. The van der Waals surface area contributed by atoms with Crippen molar-refractivity contribution >= 4 is 26.2 Å². The Kier molecular flexibility index (Phi) is 6.39. The highest BCUT2D eigenvalue weighted by molar-refractivity contribution is 7.87. The molecular formula is C9H18O8S2. The van der Waals surface area contributed by atoms with Crippen LogP contribution in [0.2, 0.25) is 0 Å². The predicted molar refractivity (Wildman–Crippen MR) is 66.6 cm³/mol. The molecule has 0 rings (SSSR count). The number of hydrogen-bond donors (Lipinski definition) is 1. The maximum absolute atomic E-state index is 11.4. The van der Waals surface area contributed by atoms with Gasteiger partial charge in [0, 0.05) is 0 Å². The number of carbonyl (C=O) groups is 1. The van der Waals surface area contributed by atoms with Gasteiger partial charge >= 0.3 is 5.97 Å². The van der Waals surface area contributed by atoms with Crippen LogP contribution < -0.4 is 0 Å². The van der Waals surface area contributed by atoms with E-state index in [1.165, 1.54) is 21.0 Å². The van der Waals surface area contributed by atoms with Crippen LogP contribution in [0.4, 0.5) is 0 Å². The van der Waals surface area contributed by atoms with Crippen molar-refractivity contribution in [2.45, 2.75) is 20.3 Å². The molecule has 114 valence electrons. The first-order chi connectivity index (χ1) is 8.40. The van der Waals surface area contributed by atoms with Crippen LogP contribution in [0.5, 0.6) is 0 Å². The highest BCUT2D eigenvalue weighted by Crippen LogP contribution is 2.18. The summed E-state index contributed by atoms with van der Waals surface area (Å²) in [6.45, 7) is 2.49. The van der Waals surface area contributed by atoms with E-state index in [1.54, 1.807) is 0 Å². The van der Waals surface area contributed by atoms with Crippen LogP contribution in [0.3, 0.4) is 0 Å². The molecule has 1 N–H and O–H groups in total. The lowest BCUT2D eigenvalue weighted by Gasteiger charge is -2.20. The molecule has 0 bridgehead atoms. The summed E-state index contributed by atoms with van der Waals surface area (Å²) in [7, 11) is -6.99. The number of ether oxygens (including phenoxy) is 1. The first-order valence-corrected chi connectivity index (χ1v) is 8.49. The Morgan fingerprint density at radius 2 is 1.68 bits per heavy atom. The highest BCUT2D eigenvalue weighted by atomic mass is 32.2. The minimum absolute atomic E-state index is 0.292. The van der Waals surface area contributed by atoms with E-state index in [4.69, 9.17) is 4.55 Å². The third-order valence-electron chi connectivity index (χ3n) is 2.13. The van der Waals surface area contributed by atoms with Crippen LogP contribution in [-0.2, 0) is 34.0 Å². The molecule has 19 heavy (non-hydrogen) atoms. The summed E-state index contributed by atoms with van der Waals surface area (Å²) in [4.78, 5) is 11.3. The maximum Gasteiger partial charge on any atom is 0.313 e. The van der Waals surface area contributed by atoms with Crippen LogP contribution in [0, 0.1) is 5.41 Å². The zero-order chi connectivity index (χ0) is 15.3. The van der Waals surface area contributed by atoms with Crippen molar-refractivity contribution in [1.82, 2.24) is 0 Å². The minimum Gasteiger partial charge on any atom is -0.469 e. The first-order valence-electron chi connectivity index (χ1n) is 5.30. The number of hydrogen-bond acceptors (Lipinski definition) is 7. The fraction of sp³-hybridized carbons (Fsp3) is 0.889. The molecule has 0 saturated heterocycles. The molecule has 0 heterocycles. The van der Waals surface area contributed by atoms with Gasteiger partial charge in [-0.15, -0.1) is 0 Å². The first kappa shape index (κ1) is 18.3. The van der Waals surface area contributed by atoms with Gasteiger partial charge in [0.05, 0.1) is 30.6 Å². The van der Waals surface area contributed by atoms with E-state index in [0.29, 0.717) is 0 Å². The smallest absolute Gasteiger partial charge is 0.313 e. The van der Waals surface area contributed by atoms with Crippen molar-refractivity contribution in [2.75, 3.05) is 25.2 Å². The lowest BCUT2D eigenvalue weighted by atomic mass is 9.95. The van der Waals surface area contributed by atoms with Gasteiger partial charge < -0.3 is 4.74 Å². The molecule has 0 aromatic rings. The van der Waals surface area contributed by atoms with Crippen molar-refractivity contribution in [2.24, 2.45) is 5.41 Å². The van der Waals surface area contributed by atoms with E-state index in [9.17, 15) is 21.6 Å². The summed E-state index contributed by atoms with van der Waals surface area (Å²) < 4.78 is 61.2. The van der Waals surface area contributed by atoms with Gasteiger partial charge in [-0.25, -0.2) is 0 Å². The van der Waals surface area contributed by atoms with Crippen molar-refractivity contribution in [3.63, 3.8) is 0 Å². The van der Waals surface area contributed by atoms with E-state index < -0.39 is 49.7 Å². The number of carbonyl (C=O) groups excluding carboxylic acids is 1. The largest absolute Gasteiger partial charge is 0.469 e. The van der Waals surface area contributed by atoms with Crippen LogP contribution in [0.25, 0.3) is 0 Å². The summed E-state index contributed by atoms with van der Waals surface area (Å²) >= 11 is 0. The lowest BCUT2D eigenvalue weighted by molar-refractivity contribution is -0.152. The standard InChI is InChI=1S/C9H18O8S2/c1-9(2,8(10)16-3)7-17-19(14,15)6-4-5-18(11,12)13/h4-7H2,1-3H3,(H,11,12,13). The predicted octanol–water partition coefficient (Wildman–Crippen LogP) is -0.190. The van der Waals surface area contributed by atoms with Gasteiger partial charge in [0.25, 0.3) is 20.2 Å². The van der Waals surface area contributed by atoms with E-state index in [2.05, 4.69) is 8.92 Å². The number of rotatable bonds is 8. The average Bonchev–Trinajstić information content (AvgIpc) is 2.23. The van der Waals surface area contributed by atoms with Gasteiger partial charge in [-0.1, -0.05) is 0 Å². The Morgan fingerprint density at radius 3 is 2.11 bits per heavy atom. The zero-order valence-corrected chi connectivity index (χ0v) is 12.6. The second-order valence-electron chi connectivity index (χ2n) is 4.54. The van der Waals surface area contributed by atoms with Crippen LogP contribution in [0.15, 0.2) is 0 Å². The van der Waals surface area contributed by atoms with Gasteiger partial charge in [0.15, 0.2) is 0 Å². The second kappa shape index (κ2) is 6.64. The van der Waals surface area contributed by atoms with Crippen molar-refractivity contribution in [3.05, 3.63) is 0 Å². The van der Waals surface area contributed by atoms with Crippen LogP contribution in [0.1, 0.15) is 20.3 Å². The van der Waals surface area contributed by atoms with Crippen molar-refractivity contribution in [3.8, 4) is 0 Å². The summed E-state index contributed by atoms with van der Waals surface area (Å²) in [5.74, 6) is -1.86. The van der Waals surface area contributed by atoms with Crippen molar-refractivity contribution in [1.29, 1.82) is 0 Å². The quantitative estimate of drug-likeness (QED) is 0.371. The number of esters is 1. The van der Waals surface area contributed by atoms with E-state index in [-0.39, 0.29) is 6.42 Å². The number of methoxy groups -OCH3 is 1. The summed E-state index contributed by atoms with van der Waals surface area (Å²) in [6.07, 6.45) is -0.292. The Labute approximate surface area is 113 Å². The Bertz CT molecular complexity index is 502. The molecule has 0 spiro atoms. The summed E-state index contributed by atoms with van der Waals surface area (Å²) in [5, 5.41) is 0. The monoisotopic (exact) mass is 318 g/mol. The van der Waals surface area contributed by atoms with Gasteiger partial charge in [-0.05, 0) is 20.3 Å². The van der Waals surface area contributed by atoms with Crippen molar-refractivity contribution < 1.29 is 35.1 Å². The highest BCUT2D eigenvalue weighted by Gasteiger charge is 2.31. The molecule has 0 amide bonds. The molecule has 0 atom stereocenters.